The average Bonchev–Trinajstić information content (AvgIpc) is 3.33. The van der Waals surface area contributed by atoms with Crippen molar-refractivity contribution in [2.45, 2.75) is 13.0 Å². The van der Waals surface area contributed by atoms with Gasteiger partial charge in [0, 0.05) is 38.8 Å². The molecule has 0 fully saturated rings. The maximum atomic E-state index is 12.4. The third kappa shape index (κ3) is 7.15. The standard InChI is InChI=1S/C26H19Cl4N3O3S/c27-18-9-15(10-19(28)12-18)13-33(20-4-1-16(2-5-20)25(36)31-8-7-24(34)35)26-32-23(14-37-26)17-3-6-21(29)22(30)11-17/h1-6,9-12,14H,7-8,13H2,(H,31,36)(H,34,35). The fourth-order valence-electron chi connectivity index (χ4n) is 3.51. The van der Waals surface area contributed by atoms with E-state index < -0.39 is 5.97 Å². The summed E-state index contributed by atoms with van der Waals surface area (Å²) in [5.74, 6) is -1.33. The van der Waals surface area contributed by atoms with E-state index in [0.29, 0.717) is 37.3 Å². The van der Waals surface area contributed by atoms with E-state index >= 15 is 0 Å². The van der Waals surface area contributed by atoms with Crippen LogP contribution in [0.2, 0.25) is 20.1 Å². The summed E-state index contributed by atoms with van der Waals surface area (Å²) in [6.45, 7) is 0.465. The molecule has 0 saturated carbocycles. The molecule has 0 aliphatic heterocycles. The van der Waals surface area contributed by atoms with E-state index in [4.69, 9.17) is 56.5 Å². The lowest BCUT2D eigenvalue weighted by atomic mass is 10.1. The molecule has 0 radical (unpaired) electrons. The van der Waals surface area contributed by atoms with Crippen LogP contribution in [0.4, 0.5) is 10.8 Å². The molecule has 1 amide bonds. The number of amides is 1. The molecule has 3 aromatic carbocycles. The van der Waals surface area contributed by atoms with Gasteiger partial charge in [-0.3, -0.25) is 9.59 Å². The highest BCUT2D eigenvalue weighted by Gasteiger charge is 2.17. The van der Waals surface area contributed by atoms with Gasteiger partial charge in [-0.15, -0.1) is 11.3 Å². The molecule has 190 valence electrons. The average molecular weight is 595 g/mol. The number of carboxylic acids is 1. The number of carbonyl (C=O) groups is 2. The van der Waals surface area contributed by atoms with Gasteiger partial charge in [0.15, 0.2) is 5.13 Å². The van der Waals surface area contributed by atoms with Crippen molar-refractivity contribution in [1.82, 2.24) is 10.3 Å². The zero-order valence-corrected chi connectivity index (χ0v) is 22.9. The summed E-state index contributed by atoms with van der Waals surface area (Å²) in [4.78, 5) is 29.9. The first-order valence-corrected chi connectivity index (χ1v) is 13.3. The molecular weight excluding hydrogens is 576 g/mol. The number of aromatic nitrogens is 1. The highest BCUT2D eigenvalue weighted by atomic mass is 35.5. The number of nitrogens with zero attached hydrogens (tertiary/aromatic N) is 2. The van der Waals surface area contributed by atoms with Gasteiger partial charge in [0.1, 0.15) is 0 Å². The summed E-state index contributed by atoms with van der Waals surface area (Å²) in [6.07, 6.45) is -0.148. The Morgan fingerprint density at radius 3 is 2.27 bits per heavy atom. The normalized spacial score (nSPS) is 10.8. The van der Waals surface area contributed by atoms with Crippen LogP contribution in [0.15, 0.2) is 66.0 Å². The van der Waals surface area contributed by atoms with Crippen LogP contribution in [-0.2, 0) is 11.3 Å². The quantitative estimate of drug-likeness (QED) is 0.205. The predicted molar refractivity (Wildman–Crippen MR) is 151 cm³/mol. The molecule has 0 atom stereocenters. The van der Waals surface area contributed by atoms with E-state index in [1.165, 1.54) is 11.3 Å². The van der Waals surface area contributed by atoms with E-state index in [9.17, 15) is 9.59 Å². The molecule has 0 saturated heterocycles. The fourth-order valence-corrected chi connectivity index (χ4v) is 5.23. The van der Waals surface area contributed by atoms with E-state index in [1.54, 1.807) is 42.5 Å². The zero-order chi connectivity index (χ0) is 26.5. The molecule has 0 spiro atoms. The van der Waals surface area contributed by atoms with Gasteiger partial charge in [-0.25, -0.2) is 4.98 Å². The molecule has 4 rings (SSSR count). The smallest absolute Gasteiger partial charge is 0.305 e. The van der Waals surface area contributed by atoms with Gasteiger partial charge in [-0.1, -0.05) is 52.5 Å². The third-order valence-corrected chi connectivity index (χ3v) is 7.31. The largest absolute Gasteiger partial charge is 0.481 e. The number of anilines is 2. The van der Waals surface area contributed by atoms with Crippen LogP contribution in [0.1, 0.15) is 22.3 Å². The van der Waals surface area contributed by atoms with E-state index in [0.717, 1.165) is 22.5 Å². The lowest BCUT2D eigenvalue weighted by Gasteiger charge is -2.23. The number of rotatable bonds is 9. The summed E-state index contributed by atoms with van der Waals surface area (Å²) in [5.41, 5.74) is 3.64. The summed E-state index contributed by atoms with van der Waals surface area (Å²) < 4.78 is 0. The second kappa shape index (κ2) is 12.2. The second-order valence-electron chi connectivity index (χ2n) is 7.95. The lowest BCUT2D eigenvalue weighted by molar-refractivity contribution is -0.136. The number of hydrogen-bond donors (Lipinski definition) is 2. The van der Waals surface area contributed by atoms with Crippen LogP contribution in [-0.4, -0.2) is 28.5 Å². The molecule has 1 aromatic heterocycles. The Morgan fingerprint density at radius 1 is 0.919 bits per heavy atom. The molecule has 37 heavy (non-hydrogen) atoms. The first-order chi connectivity index (χ1) is 17.7. The number of carboxylic acid groups (broad SMARTS) is 1. The molecule has 0 bridgehead atoms. The minimum Gasteiger partial charge on any atom is -0.481 e. The topological polar surface area (TPSA) is 82.5 Å². The number of halogens is 4. The van der Waals surface area contributed by atoms with Gasteiger partial charge >= 0.3 is 5.97 Å². The third-order valence-electron chi connectivity index (χ3n) is 5.27. The highest BCUT2D eigenvalue weighted by Crippen LogP contribution is 2.36. The van der Waals surface area contributed by atoms with Crippen LogP contribution in [0, 0.1) is 0 Å². The van der Waals surface area contributed by atoms with Crippen LogP contribution >= 0.6 is 57.7 Å². The maximum absolute atomic E-state index is 12.4. The van der Waals surface area contributed by atoms with Gasteiger partial charge < -0.3 is 15.3 Å². The van der Waals surface area contributed by atoms with Gasteiger partial charge in [0.25, 0.3) is 5.91 Å². The lowest BCUT2D eigenvalue weighted by Crippen LogP contribution is -2.26. The van der Waals surface area contributed by atoms with E-state index in [2.05, 4.69) is 5.32 Å². The van der Waals surface area contributed by atoms with Crippen molar-refractivity contribution in [2.24, 2.45) is 0 Å². The number of benzene rings is 3. The molecular formula is C26H19Cl4N3O3S. The molecule has 11 heteroatoms. The van der Waals surface area contributed by atoms with E-state index in [1.807, 2.05) is 28.5 Å². The van der Waals surface area contributed by atoms with Crippen molar-refractivity contribution in [1.29, 1.82) is 0 Å². The van der Waals surface area contributed by atoms with Crippen molar-refractivity contribution < 1.29 is 14.7 Å². The molecule has 6 nitrogen and oxygen atoms in total. The zero-order valence-electron chi connectivity index (χ0n) is 19.1. The molecule has 0 unspecified atom stereocenters. The van der Waals surface area contributed by atoms with E-state index in [-0.39, 0.29) is 18.9 Å². The number of thiazole rings is 1. The van der Waals surface area contributed by atoms with Gasteiger partial charge in [0.2, 0.25) is 0 Å². The van der Waals surface area contributed by atoms with Gasteiger partial charge in [-0.05, 0) is 60.2 Å². The first-order valence-electron chi connectivity index (χ1n) is 10.9. The van der Waals surface area contributed by atoms with Crippen LogP contribution in [0.25, 0.3) is 11.3 Å². The molecule has 0 aliphatic rings. The number of nitrogens with one attached hydrogen (secondary N) is 1. The van der Waals surface area contributed by atoms with Crippen molar-refractivity contribution in [3.05, 3.63) is 97.3 Å². The van der Waals surface area contributed by atoms with Gasteiger partial charge in [0.05, 0.1) is 28.7 Å². The number of hydrogen-bond acceptors (Lipinski definition) is 5. The Morgan fingerprint density at radius 2 is 1.62 bits per heavy atom. The molecule has 0 aliphatic carbocycles. The Hall–Kier alpha value is -2.81. The monoisotopic (exact) mass is 593 g/mol. The van der Waals surface area contributed by atoms with Crippen molar-refractivity contribution >= 4 is 80.4 Å². The van der Waals surface area contributed by atoms with Crippen LogP contribution in [0.3, 0.4) is 0 Å². The fraction of sp³-hybridized carbons (Fsp3) is 0.115. The minimum atomic E-state index is -0.976. The van der Waals surface area contributed by atoms with Crippen LogP contribution < -0.4 is 10.2 Å². The molecule has 1 heterocycles. The summed E-state index contributed by atoms with van der Waals surface area (Å²) in [5, 5.41) is 15.9. The molecule has 4 aromatic rings. The highest BCUT2D eigenvalue weighted by molar-refractivity contribution is 7.14. The second-order valence-corrected chi connectivity index (χ2v) is 10.5. The number of aliphatic carboxylic acids is 1. The number of carbonyl (C=O) groups excluding carboxylic acids is 1. The van der Waals surface area contributed by atoms with Crippen molar-refractivity contribution in [3.8, 4) is 11.3 Å². The minimum absolute atomic E-state index is 0.0498. The summed E-state index contributed by atoms with van der Waals surface area (Å²) >= 11 is 26.2. The maximum Gasteiger partial charge on any atom is 0.305 e. The summed E-state index contributed by atoms with van der Waals surface area (Å²) in [7, 11) is 0. The molecule has 2 N–H and O–H groups in total. The Labute approximate surface area is 237 Å². The van der Waals surface area contributed by atoms with Gasteiger partial charge in [-0.2, -0.15) is 0 Å². The Bertz CT molecular complexity index is 1420. The van der Waals surface area contributed by atoms with Crippen molar-refractivity contribution in [3.63, 3.8) is 0 Å². The Balaban J connectivity index is 1.64. The summed E-state index contributed by atoms with van der Waals surface area (Å²) in [6, 6.07) is 17.6. The van der Waals surface area contributed by atoms with Crippen LogP contribution in [0.5, 0.6) is 0 Å². The first kappa shape index (κ1) is 27.2. The Kier molecular flexibility index (Phi) is 8.95. The SMILES string of the molecule is O=C(O)CCNC(=O)c1ccc(N(Cc2cc(Cl)cc(Cl)c2)c2nc(-c3ccc(Cl)c(Cl)c3)cs2)cc1. The predicted octanol–water partition coefficient (Wildman–Crippen LogP) is 7.97. The van der Waals surface area contributed by atoms with Crippen molar-refractivity contribution in [2.75, 3.05) is 11.4 Å².